The van der Waals surface area contributed by atoms with Crippen molar-refractivity contribution in [2.24, 2.45) is 7.05 Å². The van der Waals surface area contributed by atoms with Crippen LogP contribution >= 0.6 is 0 Å². The van der Waals surface area contributed by atoms with E-state index in [2.05, 4.69) is 32.8 Å². The molecular weight excluding hydrogens is 438 g/mol. The minimum absolute atomic E-state index is 0.0627. The number of nitrogens with one attached hydrogen (secondary N) is 2. The van der Waals surface area contributed by atoms with Crippen molar-refractivity contribution in [3.8, 4) is 0 Å². The number of carbonyl (C=O) groups is 2. The lowest BCUT2D eigenvalue weighted by atomic mass is 9.71. The second-order valence-electron chi connectivity index (χ2n) is 9.36. The third-order valence-corrected chi connectivity index (χ3v) is 7.17. The lowest BCUT2D eigenvalue weighted by Gasteiger charge is -2.36. The van der Waals surface area contributed by atoms with Crippen LogP contribution in [0.2, 0.25) is 0 Å². The highest BCUT2D eigenvalue weighted by atomic mass is 16.2. The molecule has 0 fully saturated rings. The zero-order chi connectivity index (χ0) is 24.7. The first-order valence-corrected chi connectivity index (χ1v) is 11.9. The molecule has 0 saturated carbocycles. The highest BCUT2D eigenvalue weighted by Crippen LogP contribution is 2.46. The summed E-state index contributed by atoms with van der Waals surface area (Å²) in [5.74, 6) is -0.0845. The lowest BCUT2D eigenvalue weighted by molar-refractivity contribution is -0.116. The van der Waals surface area contributed by atoms with Gasteiger partial charge in [-0.3, -0.25) is 14.3 Å². The number of Topliss-reactive ketones (excluding diaryl/α,β-unsaturated/α-hetero) is 1. The molecule has 2 N–H and O–H groups in total. The van der Waals surface area contributed by atoms with Crippen molar-refractivity contribution in [3.05, 3.63) is 99.8 Å². The Kier molecular flexibility index (Phi) is 5.84. The van der Waals surface area contributed by atoms with Crippen molar-refractivity contribution in [3.63, 3.8) is 0 Å². The smallest absolute Gasteiger partial charge is 0.255 e. The lowest BCUT2D eigenvalue weighted by Crippen LogP contribution is -2.37. The van der Waals surface area contributed by atoms with Gasteiger partial charge in [0.05, 0.1) is 6.20 Å². The van der Waals surface area contributed by atoms with Gasteiger partial charge >= 0.3 is 0 Å². The number of aryl methyl sites for hydroxylation is 2. The van der Waals surface area contributed by atoms with Crippen molar-refractivity contribution in [1.82, 2.24) is 20.1 Å². The van der Waals surface area contributed by atoms with Gasteiger partial charge in [0.1, 0.15) is 5.82 Å². The van der Waals surface area contributed by atoms with Gasteiger partial charge in [0.15, 0.2) is 5.78 Å². The maximum atomic E-state index is 13.7. The zero-order valence-electron chi connectivity index (χ0n) is 20.4. The summed E-state index contributed by atoms with van der Waals surface area (Å²) >= 11 is 0. The van der Waals surface area contributed by atoms with Crippen molar-refractivity contribution in [1.29, 1.82) is 0 Å². The number of ketones is 1. The maximum absolute atomic E-state index is 13.7. The Morgan fingerprint density at radius 1 is 1.09 bits per heavy atom. The first-order chi connectivity index (χ1) is 16.8. The van der Waals surface area contributed by atoms with E-state index in [1.807, 2.05) is 58.2 Å². The van der Waals surface area contributed by atoms with Gasteiger partial charge in [0, 0.05) is 59.4 Å². The topological polar surface area (TPSA) is 88.9 Å². The largest absolute Gasteiger partial charge is 0.362 e. The quantitative estimate of drug-likeness (QED) is 0.593. The molecule has 2 aliphatic rings. The van der Waals surface area contributed by atoms with Crippen LogP contribution in [-0.2, 0) is 16.6 Å². The van der Waals surface area contributed by atoms with Crippen molar-refractivity contribution in [2.75, 3.05) is 5.32 Å². The number of dihydropyridines is 1. The Morgan fingerprint density at radius 3 is 2.54 bits per heavy atom. The fourth-order valence-electron chi connectivity index (χ4n) is 5.20. The predicted molar refractivity (Wildman–Crippen MR) is 135 cm³/mol. The summed E-state index contributed by atoms with van der Waals surface area (Å²) in [6.45, 7) is 5.78. The van der Waals surface area contributed by atoms with Crippen molar-refractivity contribution < 1.29 is 9.59 Å². The first kappa shape index (κ1) is 22.8. The molecule has 7 heteroatoms. The molecule has 178 valence electrons. The van der Waals surface area contributed by atoms with Crippen LogP contribution < -0.4 is 10.6 Å². The van der Waals surface area contributed by atoms with Gasteiger partial charge in [-0.25, -0.2) is 4.98 Å². The van der Waals surface area contributed by atoms with Crippen LogP contribution in [0.4, 0.5) is 5.82 Å². The number of amides is 1. The van der Waals surface area contributed by atoms with Crippen LogP contribution in [0.15, 0.2) is 77.4 Å². The molecule has 0 saturated heterocycles. The molecule has 0 bridgehead atoms. The number of carbonyl (C=O) groups excluding carboxylic acids is 2. The number of aromatic nitrogens is 3. The molecule has 1 aromatic carbocycles. The minimum Gasteiger partial charge on any atom is -0.362 e. The van der Waals surface area contributed by atoms with Gasteiger partial charge in [-0.15, -0.1) is 0 Å². The summed E-state index contributed by atoms with van der Waals surface area (Å²) in [7, 11) is 1.87. The summed E-state index contributed by atoms with van der Waals surface area (Å²) in [4.78, 5) is 31.7. The summed E-state index contributed by atoms with van der Waals surface area (Å²) in [5, 5.41) is 10.8. The summed E-state index contributed by atoms with van der Waals surface area (Å²) in [5.41, 5.74) is 6.65. The zero-order valence-corrected chi connectivity index (χ0v) is 20.4. The average molecular weight is 468 g/mol. The second-order valence-corrected chi connectivity index (χ2v) is 9.36. The number of hydrogen-bond donors (Lipinski definition) is 2. The molecule has 35 heavy (non-hydrogen) atoms. The molecule has 0 spiro atoms. The first-order valence-electron chi connectivity index (χ1n) is 11.9. The molecule has 2 atom stereocenters. The Balaban J connectivity index is 1.59. The molecule has 5 rings (SSSR count). The highest BCUT2D eigenvalue weighted by Gasteiger charge is 2.42. The Hall–Kier alpha value is -4.00. The highest BCUT2D eigenvalue weighted by molar-refractivity contribution is 6.09. The normalized spacial score (nSPS) is 19.9. The van der Waals surface area contributed by atoms with E-state index in [1.165, 1.54) is 0 Å². The number of rotatable bonds is 4. The molecule has 0 radical (unpaired) electrons. The molecule has 3 heterocycles. The van der Waals surface area contributed by atoms with Crippen molar-refractivity contribution in [2.45, 2.75) is 45.4 Å². The standard InChI is InChI=1S/C28H29N5O2/c1-16-9-8-12-29-27(16)32-28(35)24-17(2)31-22-13-20(19-10-6-5-7-11-19)14-23(34)26(22)25(24)21-15-30-33(4)18(21)3/h5-12,15,20,25,31H,13-14H2,1-4H3,(H,29,32,35). The number of anilines is 1. The second kappa shape index (κ2) is 8.98. The number of hydrogen-bond acceptors (Lipinski definition) is 5. The van der Waals surface area contributed by atoms with E-state index in [0.29, 0.717) is 29.8 Å². The number of benzene rings is 1. The Bertz CT molecular complexity index is 1380. The predicted octanol–water partition coefficient (Wildman–Crippen LogP) is 4.43. The number of pyridine rings is 1. The van der Waals surface area contributed by atoms with E-state index in [9.17, 15) is 9.59 Å². The van der Waals surface area contributed by atoms with Gasteiger partial charge in [0.25, 0.3) is 5.91 Å². The molecule has 7 nitrogen and oxygen atoms in total. The molecule has 1 aliphatic heterocycles. The Labute approximate surface area is 205 Å². The average Bonchev–Trinajstić information content (AvgIpc) is 3.17. The number of nitrogens with zero attached hydrogens (tertiary/aromatic N) is 3. The van der Waals surface area contributed by atoms with Gasteiger partial charge in [-0.2, -0.15) is 5.10 Å². The van der Waals surface area contributed by atoms with E-state index in [1.54, 1.807) is 17.1 Å². The van der Waals surface area contributed by atoms with E-state index in [-0.39, 0.29) is 17.6 Å². The molecule has 2 unspecified atom stereocenters. The van der Waals surface area contributed by atoms with Crippen LogP contribution in [0.3, 0.4) is 0 Å². The third-order valence-electron chi connectivity index (χ3n) is 7.17. The molecule has 3 aromatic rings. The van der Waals surface area contributed by atoms with Gasteiger partial charge < -0.3 is 10.6 Å². The van der Waals surface area contributed by atoms with Crippen LogP contribution in [0.25, 0.3) is 0 Å². The molecular formula is C28H29N5O2. The fourth-order valence-corrected chi connectivity index (χ4v) is 5.20. The minimum atomic E-state index is -0.492. The van der Waals surface area contributed by atoms with Crippen LogP contribution in [0.5, 0.6) is 0 Å². The van der Waals surface area contributed by atoms with Crippen molar-refractivity contribution >= 4 is 17.5 Å². The molecule has 1 aliphatic carbocycles. The van der Waals surface area contributed by atoms with Gasteiger partial charge in [0.2, 0.25) is 0 Å². The van der Waals surface area contributed by atoms with Crippen LogP contribution in [-0.4, -0.2) is 26.5 Å². The van der Waals surface area contributed by atoms with Gasteiger partial charge in [-0.1, -0.05) is 36.4 Å². The molecule has 2 aromatic heterocycles. The van der Waals surface area contributed by atoms with Crippen LogP contribution in [0, 0.1) is 13.8 Å². The molecule has 1 amide bonds. The van der Waals surface area contributed by atoms with Gasteiger partial charge in [-0.05, 0) is 50.3 Å². The summed E-state index contributed by atoms with van der Waals surface area (Å²) in [6, 6.07) is 13.9. The third kappa shape index (κ3) is 4.07. The van der Waals surface area contributed by atoms with E-state index in [4.69, 9.17) is 0 Å². The SMILES string of the molecule is CC1=C(C(=O)Nc2ncccc2C)C(c2cnn(C)c2C)C2=C(CC(c3ccccc3)CC2=O)N1. The summed E-state index contributed by atoms with van der Waals surface area (Å²) < 4.78 is 1.78. The monoisotopic (exact) mass is 467 g/mol. The van der Waals surface area contributed by atoms with E-state index >= 15 is 0 Å². The van der Waals surface area contributed by atoms with Crippen LogP contribution in [0.1, 0.15) is 54.0 Å². The van der Waals surface area contributed by atoms with E-state index in [0.717, 1.165) is 33.8 Å². The Morgan fingerprint density at radius 2 is 1.86 bits per heavy atom. The maximum Gasteiger partial charge on any atom is 0.255 e. The number of allylic oxidation sites excluding steroid dienone is 3. The van der Waals surface area contributed by atoms with E-state index < -0.39 is 5.92 Å². The fraction of sp³-hybridized carbons (Fsp3) is 0.286. The summed E-state index contributed by atoms with van der Waals surface area (Å²) in [6.07, 6.45) is 4.56.